The fraction of sp³-hybridized carbons (Fsp3) is 0.667. The van der Waals surface area contributed by atoms with Crippen molar-refractivity contribution < 1.29 is 8.42 Å². The number of rotatable bonds is 5. The van der Waals surface area contributed by atoms with E-state index in [-0.39, 0.29) is 18.4 Å². The van der Waals surface area contributed by atoms with Crippen LogP contribution in [0.4, 0.5) is 0 Å². The lowest BCUT2D eigenvalue weighted by Crippen LogP contribution is -2.44. The van der Waals surface area contributed by atoms with Crippen LogP contribution >= 0.6 is 35.3 Å². The predicted octanol–water partition coefficient (Wildman–Crippen LogP) is 2.98. The van der Waals surface area contributed by atoms with Gasteiger partial charge in [-0.3, -0.25) is 0 Å². The number of nitrogens with one attached hydrogen (secondary N) is 1. The SMILES string of the molecule is CCCN1CCC(NS(=O)(=O)c2ccc(Cl)s2)CC1.Cl. The topological polar surface area (TPSA) is 49.4 Å². The van der Waals surface area contributed by atoms with Gasteiger partial charge in [-0.25, -0.2) is 13.1 Å². The first-order valence-corrected chi connectivity index (χ1v) is 9.19. The van der Waals surface area contributed by atoms with E-state index in [9.17, 15) is 8.42 Å². The van der Waals surface area contributed by atoms with Crippen molar-refractivity contribution in [1.29, 1.82) is 0 Å². The summed E-state index contributed by atoms with van der Waals surface area (Å²) in [5.74, 6) is 0. The van der Waals surface area contributed by atoms with Gasteiger partial charge in [0.2, 0.25) is 10.0 Å². The van der Waals surface area contributed by atoms with Crippen molar-refractivity contribution >= 4 is 45.4 Å². The Balaban J connectivity index is 0.00000200. The van der Waals surface area contributed by atoms with Gasteiger partial charge in [-0.15, -0.1) is 23.7 Å². The largest absolute Gasteiger partial charge is 0.303 e. The molecule has 4 nitrogen and oxygen atoms in total. The predicted molar refractivity (Wildman–Crippen MR) is 86.7 cm³/mol. The van der Waals surface area contributed by atoms with Crippen LogP contribution in [-0.4, -0.2) is 39.0 Å². The summed E-state index contributed by atoms with van der Waals surface area (Å²) in [6.07, 6.45) is 2.89. The molecule has 0 bridgehead atoms. The molecule has 0 spiro atoms. The highest BCUT2D eigenvalue weighted by Crippen LogP contribution is 2.26. The molecule has 0 aromatic carbocycles. The Kier molecular flexibility index (Phi) is 7.24. The lowest BCUT2D eigenvalue weighted by atomic mass is 10.1. The van der Waals surface area contributed by atoms with Gasteiger partial charge in [-0.05, 0) is 51.0 Å². The molecule has 1 aromatic rings. The summed E-state index contributed by atoms with van der Waals surface area (Å²) in [5, 5.41) is 0. The molecule has 1 aliphatic rings. The summed E-state index contributed by atoms with van der Waals surface area (Å²) in [4.78, 5) is 2.38. The minimum atomic E-state index is -3.40. The third-order valence-corrected chi connectivity index (χ3v) is 6.51. The number of hydrogen-bond donors (Lipinski definition) is 1. The Morgan fingerprint density at radius 3 is 2.55 bits per heavy atom. The average molecular weight is 359 g/mol. The Morgan fingerprint density at radius 2 is 2.05 bits per heavy atom. The second kappa shape index (κ2) is 7.96. The maximum absolute atomic E-state index is 12.1. The Morgan fingerprint density at radius 1 is 1.40 bits per heavy atom. The van der Waals surface area contributed by atoms with Crippen molar-refractivity contribution in [3.63, 3.8) is 0 Å². The minimum Gasteiger partial charge on any atom is -0.303 e. The molecule has 116 valence electrons. The number of sulfonamides is 1. The quantitative estimate of drug-likeness (QED) is 0.879. The first-order valence-electron chi connectivity index (χ1n) is 6.51. The lowest BCUT2D eigenvalue weighted by Gasteiger charge is -2.31. The molecule has 8 heteroatoms. The van der Waals surface area contributed by atoms with Gasteiger partial charge >= 0.3 is 0 Å². The molecule has 2 rings (SSSR count). The number of hydrogen-bond acceptors (Lipinski definition) is 4. The minimum absolute atomic E-state index is 0. The highest BCUT2D eigenvalue weighted by Gasteiger charge is 2.25. The van der Waals surface area contributed by atoms with Gasteiger partial charge in [0.05, 0.1) is 4.34 Å². The first kappa shape index (κ1) is 18.2. The fourth-order valence-electron chi connectivity index (χ4n) is 2.31. The third-order valence-electron chi connectivity index (χ3n) is 3.26. The van der Waals surface area contributed by atoms with Crippen LogP contribution in [0.5, 0.6) is 0 Å². The molecule has 0 amide bonds. The molecular weight excluding hydrogens is 339 g/mol. The van der Waals surface area contributed by atoms with E-state index in [1.54, 1.807) is 12.1 Å². The van der Waals surface area contributed by atoms with Gasteiger partial charge in [0, 0.05) is 6.04 Å². The molecule has 1 saturated heterocycles. The average Bonchev–Trinajstić information content (AvgIpc) is 2.79. The highest BCUT2D eigenvalue weighted by molar-refractivity contribution is 7.91. The maximum Gasteiger partial charge on any atom is 0.250 e. The summed E-state index contributed by atoms with van der Waals surface area (Å²) in [5.41, 5.74) is 0. The zero-order valence-electron chi connectivity index (χ0n) is 11.3. The van der Waals surface area contributed by atoms with Gasteiger partial charge in [0.1, 0.15) is 4.21 Å². The van der Waals surface area contributed by atoms with Gasteiger partial charge < -0.3 is 4.90 Å². The number of likely N-dealkylation sites (tertiary alicyclic amines) is 1. The number of halogens is 2. The fourth-order valence-corrected chi connectivity index (χ4v) is 5.11. The molecule has 0 aliphatic carbocycles. The monoisotopic (exact) mass is 358 g/mol. The first-order chi connectivity index (χ1) is 9.01. The zero-order chi connectivity index (χ0) is 13.9. The second-order valence-corrected chi connectivity index (χ2v) is 8.45. The van der Waals surface area contributed by atoms with Crippen LogP contribution in [-0.2, 0) is 10.0 Å². The molecule has 0 radical (unpaired) electrons. The molecule has 2 heterocycles. The molecule has 0 saturated carbocycles. The summed E-state index contributed by atoms with van der Waals surface area (Å²) >= 11 is 6.88. The van der Waals surface area contributed by atoms with Crippen LogP contribution in [0.2, 0.25) is 4.34 Å². The van der Waals surface area contributed by atoms with Crippen LogP contribution < -0.4 is 4.72 Å². The van der Waals surface area contributed by atoms with E-state index in [0.717, 1.165) is 50.2 Å². The molecule has 0 unspecified atom stereocenters. The van der Waals surface area contributed by atoms with E-state index in [1.165, 1.54) is 0 Å². The zero-order valence-corrected chi connectivity index (χ0v) is 14.5. The van der Waals surface area contributed by atoms with E-state index in [1.807, 2.05) is 0 Å². The highest BCUT2D eigenvalue weighted by atomic mass is 35.5. The van der Waals surface area contributed by atoms with Crippen LogP contribution in [0.1, 0.15) is 26.2 Å². The molecular formula is C12H20Cl2N2O2S2. The molecule has 20 heavy (non-hydrogen) atoms. The third kappa shape index (κ3) is 4.86. The van der Waals surface area contributed by atoms with Crippen molar-refractivity contribution in [2.75, 3.05) is 19.6 Å². The second-order valence-electron chi connectivity index (χ2n) is 4.80. The molecule has 1 aromatic heterocycles. The normalized spacial score (nSPS) is 17.9. The summed E-state index contributed by atoms with van der Waals surface area (Å²) in [7, 11) is -3.40. The molecule has 0 atom stereocenters. The molecule has 1 N–H and O–H groups in total. The van der Waals surface area contributed by atoms with E-state index >= 15 is 0 Å². The van der Waals surface area contributed by atoms with Gasteiger partial charge in [0.25, 0.3) is 0 Å². The van der Waals surface area contributed by atoms with Crippen LogP contribution in [0, 0.1) is 0 Å². The van der Waals surface area contributed by atoms with Crippen LogP contribution in [0.15, 0.2) is 16.3 Å². The van der Waals surface area contributed by atoms with Gasteiger partial charge in [-0.1, -0.05) is 18.5 Å². The van der Waals surface area contributed by atoms with Crippen LogP contribution in [0.25, 0.3) is 0 Å². The summed E-state index contributed by atoms with van der Waals surface area (Å²) in [6.45, 7) is 5.19. The summed E-state index contributed by atoms with van der Waals surface area (Å²) < 4.78 is 27.9. The Hall–Kier alpha value is 0.150. The van der Waals surface area contributed by atoms with E-state index < -0.39 is 10.0 Å². The van der Waals surface area contributed by atoms with Crippen molar-refractivity contribution in [3.05, 3.63) is 16.5 Å². The molecule has 1 fully saturated rings. The standard InChI is InChI=1S/C12H19ClN2O2S2.ClH/c1-2-7-15-8-5-10(6-9-15)14-19(16,17)12-4-3-11(13)18-12;/h3-4,10,14H,2,5-9H2,1H3;1H. The van der Waals surface area contributed by atoms with Crippen molar-refractivity contribution in [1.82, 2.24) is 9.62 Å². The molecule has 1 aliphatic heterocycles. The number of piperidine rings is 1. The van der Waals surface area contributed by atoms with Crippen molar-refractivity contribution in [2.45, 2.75) is 36.4 Å². The van der Waals surface area contributed by atoms with E-state index in [4.69, 9.17) is 11.6 Å². The van der Waals surface area contributed by atoms with E-state index in [0.29, 0.717) is 8.55 Å². The smallest absolute Gasteiger partial charge is 0.250 e. The Labute approximate surface area is 136 Å². The Bertz CT molecular complexity index is 511. The summed E-state index contributed by atoms with van der Waals surface area (Å²) in [6, 6.07) is 3.21. The van der Waals surface area contributed by atoms with Crippen molar-refractivity contribution in [3.8, 4) is 0 Å². The van der Waals surface area contributed by atoms with E-state index in [2.05, 4.69) is 16.5 Å². The van der Waals surface area contributed by atoms with Gasteiger partial charge in [-0.2, -0.15) is 0 Å². The maximum atomic E-state index is 12.1. The lowest BCUT2D eigenvalue weighted by molar-refractivity contribution is 0.208. The van der Waals surface area contributed by atoms with Crippen LogP contribution in [0.3, 0.4) is 0 Å². The number of nitrogens with zero attached hydrogens (tertiary/aromatic N) is 1. The van der Waals surface area contributed by atoms with Gasteiger partial charge in [0.15, 0.2) is 0 Å². The van der Waals surface area contributed by atoms with Crippen molar-refractivity contribution in [2.24, 2.45) is 0 Å². The number of thiophene rings is 1.